The van der Waals surface area contributed by atoms with Crippen LogP contribution in [-0.4, -0.2) is 40.8 Å². The number of Topliss-reactive ketones (excluding diaryl/α,β-unsaturated/α-hetero) is 1. The zero-order valence-electron chi connectivity index (χ0n) is 20.8. The van der Waals surface area contributed by atoms with Gasteiger partial charge in [0, 0.05) is 18.4 Å². The minimum Gasteiger partial charge on any atom is -0.480 e. The Kier molecular flexibility index (Phi) is 9.56. The smallest absolute Gasteiger partial charge is 0.326 e. The van der Waals surface area contributed by atoms with Crippen molar-refractivity contribution in [2.75, 3.05) is 0 Å². The van der Waals surface area contributed by atoms with Crippen LogP contribution in [0, 0.1) is 5.92 Å². The van der Waals surface area contributed by atoms with Crippen molar-refractivity contribution in [3.05, 3.63) is 76.9 Å². The summed E-state index contributed by atoms with van der Waals surface area (Å²) in [6, 6.07) is 14.1. The van der Waals surface area contributed by atoms with Gasteiger partial charge < -0.3 is 15.7 Å². The average Bonchev–Trinajstić information content (AvgIpc) is 2.85. The lowest BCUT2D eigenvalue weighted by Crippen LogP contribution is -2.52. The first-order chi connectivity index (χ1) is 17.2. The molecule has 2 aromatic rings. The maximum absolute atomic E-state index is 13.1. The van der Waals surface area contributed by atoms with Crippen LogP contribution in [0.5, 0.6) is 0 Å². The molecule has 2 aromatic carbocycles. The van der Waals surface area contributed by atoms with E-state index < -0.39 is 29.9 Å². The van der Waals surface area contributed by atoms with Crippen LogP contribution >= 0.6 is 0 Å². The third-order valence-corrected chi connectivity index (χ3v) is 6.20. The first-order valence-electron chi connectivity index (χ1n) is 12.4. The summed E-state index contributed by atoms with van der Waals surface area (Å²) in [6.45, 7) is 3.77. The molecule has 3 rings (SSSR count). The number of carboxylic acid groups (broad SMARTS) is 1. The van der Waals surface area contributed by atoms with Crippen LogP contribution in [0.2, 0.25) is 0 Å². The number of benzene rings is 2. The minimum atomic E-state index is -1.11. The lowest BCUT2D eigenvalue weighted by atomic mass is 9.92. The van der Waals surface area contributed by atoms with Gasteiger partial charge >= 0.3 is 5.97 Å². The molecule has 0 heterocycles. The van der Waals surface area contributed by atoms with Crippen LogP contribution in [0.25, 0.3) is 6.08 Å². The van der Waals surface area contributed by atoms with Gasteiger partial charge in [0.05, 0.1) is 0 Å². The van der Waals surface area contributed by atoms with E-state index in [0.29, 0.717) is 12.0 Å². The molecule has 1 saturated carbocycles. The number of aliphatic carboxylic acids is 1. The predicted molar refractivity (Wildman–Crippen MR) is 138 cm³/mol. The third-order valence-electron chi connectivity index (χ3n) is 6.20. The highest BCUT2D eigenvalue weighted by atomic mass is 16.4. The summed E-state index contributed by atoms with van der Waals surface area (Å²) in [7, 11) is 0. The zero-order chi connectivity index (χ0) is 26.1. The van der Waals surface area contributed by atoms with Gasteiger partial charge in [-0.1, -0.05) is 56.3 Å². The van der Waals surface area contributed by atoms with E-state index in [-0.39, 0.29) is 24.5 Å². The Bertz CT molecular complexity index is 1110. The quantitative estimate of drug-likeness (QED) is 0.433. The van der Waals surface area contributed by atoms with Gasteiger partial charge in [-0.15, -0.1) is 0 Å². The Morgan fingerprint density at radius 1 is 0.917 bits per heavy atom. The second kappa shape index (κ2) is 12.8. The molecule has 1 aliphatic carbocycles. The topological polar surface area (TPSA) is 113 Å². The number of amides is 2. The first kappa shape index (κ1) is 26.9. The lowest BCUT2D eigenvalue weighted by Gasteiger charge is -2.22. The maximum Gasteiger partial charge on any atom is 0.326 e. The molecule has 0 bridgehead atoms. The number of carbonyl (C=O) groups excluding carboxylic acids is 3. The summed E-state index contributed by atoms with van der Waals surface area (Å²) in [5, 5.41) is 14.9. The first-order valence-corrected chi connectivity index (χ1v) is 12.4. The number of rotatable bonds is 10. The molecule has 7 heteroatoms. The molecule has 0 spiro atoms. The molecule has 0 unspecified atom stereocenters. The van der Waals surface area contributed by atoms with Crippen molar-refractivity contribution in [2.45, 2.75) is 64.5 Å². The van der Waals surface area contributed by atoms with Crippen LogP contribution in [0.15, 0.2) is 60.2 Å². The SMILES string of the molecule is CC(C)C[C@H](NC(=O)[C@H](Cc1ccccc1)NC(=O)c1ccc(/C=C2\CCCCC2=O)cc1)C(=O)O. The zero-order valence-corrected chi connectivity index (χ0v) is 20.8. The summed E-state index contributed by atoms with van der Waals surface area (Å²) < 4.78 is 0. The molecule has 0 aromatic heterocycles. The highest BCUT2D eigenvalue weighted by Gasteiger charge is 2.27. The Labute approximate surface area is 212 Å². The molecule has 2 amide bonds. The molecule has 36 heavy (non-hydrogen) atoms. The summed E-state index contributed by atoms with van der Waals surface area (Å²) in [6.07, 6.45) is 5.66. The molecule has 0 aliphatic heterocycles. The van der Waals surface area contributed by atoms with E-state index >= 15 is 0 Å². The molecule has 0 radical (unpaired) electrons. The largest absolute Gasteiger partial charge is 0.480 e. The fourth-order valence-corrected chi connectivity index (χ4v) is 4.25. The standard InChI is InChI=1S/C29H34N2O5/c1-19(2)16-25(29(35)36)31-28(34)24(18-20-8-4-3-5-9-20)30-27(33)22-14-12-21(13-15-22)17-23-10-6-7-11-26(23)32/h3-5,8-9,12-15,17,19,24-25H,6-7,10-11,16,18H2,1-2H3,(H,30,33)(H,31,34)(H,35,36)/b23-17+/t24-,25-/m0/s1. The van der Waals surface area contributed by atoms with Crippen molar-refractivity contribution in [2.24, 2.45) is 5.92 Å². The number of carbonyl (C=O) groups is 4. The summed E-state index contributed by atoms with van der Waals surface area (Å²) in [5.41, 5.74) is 2.86. The third kappa shape index (κ3) is 7.90. The number of hydrogen-bond donors (Lipinski definition) is 3. The number of nitrogens with one attached hydrogen (secondary N) is 2. The highest BCUT2D eigenvalue weighted by Crippen LogP contribution is 2.22. The van der Waals surface area contributed by atoms with Crippen LogP contribution in [0.4, 0.5) is 0 Å². The molecule has 1 fully saturated rings. The van der Waals surface area contributed by atoms with Crippen molar-refractivity contribution < 1.29 is 24.3 Å². The van der Waals surface area contributed by atoms with Gasteiger partial charge in [-0.2, -0.15) is 0 Å². The van der Waals surface area contributed by atoms with Gasteiger partial charge in [0.1, 0.15) is 12.1 Å². The number of allylic oxidation sites excluding steroid dienone is 1. The van der Waals surface area contributed by atoms with Crippen molar-refractivity contribution in [1.29, 1.82) is 0 Å². The van der Waals surface area contributed by atoms with E-state index in [2.05, 4.69) is 10.6 Å². The second-order valence-corrected chi connectivity index (χ2v) is 9.67. The maximum atomic E-state index is 13.1. The van der Waals surface area contributed by atoms with Gasteiger partial charge in [0.25, 0.3) is 5.91 Å². The number of carboxylic acids is 1. The summed E-state index contributed by atoms with van der Waals surface area (Å²) in [4.78, 5) is 49.9. The average molecular weight is 491 g/mol. The molecule has 0 saturated heterocycles. The van der Waals surface area contributed by atoms with E-state index in [1.54, 1.807) is 24.3 Å². The van der Waals surface area contributed by atoms with E-state index in [1.165, 1.54) is 0 Å². The summed E-state index contributed by atoms with van der Waals surface area (Å²) >= 11 is 0. The minimum absolute atomic E-state index is 0.0750. The van der Waals surface area contributed by atoms with Gasteiger partial charge in [-0.05, 0) is 66.5 Å². The van der Waals surface area contributed by atoms with E-state index in [1.807, 2.05) is 50.3 Å². The molecule has 2 atom stereocenters. The Balaban J connectivity index is 1.74. The van der Waals surface area contributed by atoms with E-state index in [0.717, 1.165) is 36.0 Å². The molecule has 190 valence electrons. The molecular weight excluding hydrogens is 456 g/mol. The van der Waals surface area contributed by atoms with Crippen molar-refractivity contribution >= 4 is 29.6 Å². The highest BCUT2D eigenvalue weighted by molar-refractivity contribution is 6.01. The van der Waals surface area contributed by atoms with Gasteiger partial charge in [0.2, 0.25) is 5.91 Å². The second-order valence-electron chi connectivity index (χ2n) is 9.67. The monoisotopic (exact) mass is 490 g/mol. The van der Waals surface area contributed by atoms with E-state index in [4.69, 9.17) is 0 Å². The Hall–Kier alpha value is -3.74. The Morgan fingerprint density at radius 3 is 2.19 bits per heavy atom. The number of hydrogen-bond acceptors (Lipinski definition) is 4. The van der Waals surface area contributed by atoms with Crippen LogP contribution in [0.3, 0.4) is 0 Å². The fraction of sp³-hybridized carbons (Fsp3) is 0.379. The van der Waals surface area contributed by atoms with Crippen molar-refractivity contribution in [3.63, 3.8) is 0 Å². The van der Waals surface area contributed by atoms with Crippen LogP contribution in [-0.2, 0) is 20.8 Å². The van der Waals surface area contributed by atoms with Crippen molar-refractivity contribution in [3.8, 4) is 0 Å². The van der Waals surface area contributed by atoms with Gasteiger partial charge in [-0.25, -0.2) is 4.79 Å². The van der Waals surface area contributed by atoms with E-state index in [9.17, 15) is 24.3 Å². The summed E-state index contributed by atoms with van der Waals surface area (Å²) in [5.74, 6) is -1.84. The van der Waals surface area contributed by atoms with Crippen LogP contribution < -0.4 is 10.6 Å². The number of ketones is 1. The molecule has 7 nitrogen and oxygen atoms in total. The van der Waals surface area contributed by atoms with Gasteiger partial charge in [0.15, 0.2) is 5.78 Å². The van der Waals surface area contributed by atoms with Crippen molar-refractivity contribution in [1.82, 2.24) is 10.6 Å². The molecule has 1 aliphatic rings. The molecule has 3 N–H and O–H groups in total. The normalized spacial score (nSPS) is 16.4. The molecular formula is C29H34N2O5. The van der Waals surface area contributed by atoms with Gasteiger partial charge in [-0.3, -0.25) is 14.4 Å². The Morgan fingerprint density at radius 2 is 1.58 bits per heavy atom. The predicted octanol–water partition coefficient (Wildman–Crippen LogP) is 4.17. The van der Waals surface area contributed by atoms with Crippen LogP contribution in [0.1, 0.15) is 67.4 Å². The lowest BCUT2D eigenvalue weighted by molar-refractivity contribution is -0.142. The fourth-order valence-electron chi connectivity index (χ4n) is 4.25.